The second kappa shape index (κ2) is 10.1. The quantitative estimate of drug-likeness (QED) is 0.413. The molecule has 0 bridgehead atoms. The Balaban J connectivity index is 1.34. The summed E-state index contributed by atoms with van der Waals surface area (Å²) in [5.74, 6) is 0.896. The van der Waals surface area contributed by atoms with E-state index in [-0.39, 0.29) is 18.3 Å². The molecule has 4 aromatic rings. The first kappa shape index (κ1) is 23.4. The lowest BCUT2D eigenvalue weighted by molar-refractivity contribution is -0.132. The summed E-state index contributed by atoms with van der Waals surface area (Å²) in [5, 5.41) is 4.69. The summed E-state index contributed by atoms with van der Waals surface area (Å²) in [6.07, 6.45) is 1.48. The van der Waals surface area contributed by atoms with Gasteiger partial charge in [-0.05, 0) is 30.7 Å². The van der Waals surface area contributed by atoms with Crippen molar-refractivity contribution in [3.8, 4) is 28.5 Å². The molecule has 4 heterocycles. The molecule has 184 valence electrons. The average molecular weight is 488 g/mol. The number of benzene rings is 1. The van der Waals surface area contributed by atoms with Crippen LogP contribution in [0, 0.1) is 12.7 Å². The van der Waals surface area contributed by atoms with E-state index >= 15 is 0 Å². The molecular weight excluding hydrogens is 461 g/mol. The lowest BCUT2D eigenvalue weighted by Gasteiger charge is -2.35. The number of methoxy groups -OCH3 is 1. The smallest absolute Gasteiger partial charge is 0.244 e. The Kier molecular flexibility index (Phi) is 6.57. The predicted octanol–water partition coefficient (Wildman–Crippen LogP) is 3.21. The van der Waals surface area contributed by atoms with Crippen molar-refractivity contribution in [2.24, 2.45) is 0 Å². The van der Waals surface area contributed by atoms with E-state index in [1.165, 1.54) is 12.4 Å². The number of nitrogens with zero attached hydrogens (tertiary/aromatic N) is 7. The minimum absolute atomic E-state index is 0.0232. The highest BCUT2D eigenvalue weighted by Gasteiger charge is 2.24. The number of piperazine rings is 1. The van der Waals surface area contributed by atoms with E-state index in [4.69, 9.17) is 4.74 Å². The Morgan fingerprint density at radius 2 is 1.78 bits per heavy atom. The molecule has 3 aromatic heterocycles. The standard InChI is InChI=1S/C26H26FN7O2/c1-18-20(27)8-9-21(30-18)22-14-23(19-6-4-3-5-7-19)34(31-22)16-26(35)33-12-10-32(11-13-33)24-15-25(36-2)29-17-28-24/h3-9,14-15,17H,10-13,16H2,1-2H3. The molecule has 1 saturated heterocycles. The van der Waals surface area contributed by atoms with Gasteiger partial charge in [-0.3, -0.25) is 9.48 Å². The molecule has 1 fully saturated rings. The minimum Gasteiger partial charge on any atom is -0.481 e. The molecule has 0 N–H and O–H groups in total. The molecule has 0 aliphatic carbocycles. The number of amides is 1. The molecule has 9 nitrogen and oxygen atoms in total. The summed E-state index contributed by atoms with van der Waals surface area (Å²) in [5.41, 5.74) is 3.19. The van der Waals surface area contributed by atoms with Gasteiger partial charge in [-0.25, -0.2) is 19.3 Å². The monoisotopic (exact) mass is 487 g/mol. The highest BCUT2D eigenvalue weighted by atomic mass is 19.1. The zero-order valence-corrected chi connectivity index (χ0v) is 20.1. The largest absolute Gasteiger partial charge is 0.481 e. The second-order valence-corrected chi connectivity index (χ2v) is 8.49. The highest BCUT2D eigenvalue weighted by Crippen LogP contribution is 2.26. The molecule has 0 unspecified atom stereocenters. The Labute approximate surface area is 208 Å². The van der Waals surface area contributed by atoms with Crippen molar-refractivity contribution in [2.75, 3.05) is 38.2 Å². The van der Waals surface area contributed by atoms with Crippen LogP contribution < -0.4 is 9.64 Å². The van der Waals surface area contributed by atoms with Gasteiger partial charge >= 0.3 is 0 Å². The summed E-state index contributed by atoms with van der Waals surface area (Å²) >= 11 is 0. The van der Waals surface area contributed by atoms with E-state index in [0.717, 1.165) is 17.1 Å². The van der Waals surface area contributed by atoms with E-state index in [0.29, 0.717) is 49.1 Å². The number of halogens is 1. The van der Waals surface area contributed by atoms with E-state index in [1.807, 2.05) is 41.3 Å². The molecule has 0 spiro atoms. The molecule has 0 atom stereocenters. The number of rotatable bonds is 6. The maximum absolute atomic E-state index is 13.8. The van der Waals surface area contributed by atoms with Crippen molar-refractivity contribution in [2.45, 2.75) is 13.5 Å². The number of hydrogen-bond donors (Lipinski definition) is 0. The van der Waals surface area contributed by atoms with Gasteiger partial charge in [0.05, 0.1) is 24.2 Å². The van der Waals surface area contributed by atoms with Gasteiger partial charge in [-0.1, -0.05) is 30.3 Å². The molecule has 0 radical (unpaired) electrons. The zero-order chi connectivity index (χ0) is 25.1. The molecular formula is C26H26FN7O2. The van der Waals surface area contributed by atoms with Crippen molar-refractivity contribution >= 4 is 11.7 Å². The van der Waals surface area contributed by atoms with E-state index in [9.17, 15) is 9.18 Å². The molecule has 0 saturated carbocycles. The van der Waals surface area contributed by atoms with Crippen LogP contribution in [-0.2, 0) is 11.3 Å². The molecule has 1 amide bonds. The molecule has 36 heavy (non-hydrogen) atoms. The second-order valence-electron chi connectivity index (χ2n) is 8.49. The maximum Gasteiger partial charge on any atom is 0.244 e. The summed E-state index contributed by atoms with van der Waals surface area (Å²) in [6.45, 7) is 4.15. The van der Waals surface area contributed by atoms with Crippen LogP contribution in [-0.4, -0.2) is 68.8 Å². The number of hydrogen-bond acceptors (Lipinski definition) is 7. The van der Waals surface area contributed by atoms with Crippen LogP contribution in [0.4, 0.5) is 10.2 Å². The van der Waals surface area contributed by atoms with Crippen molar-refractivity contribution in [3.63, 3.8) is 0 Å². The van der Waals surface area contributed by atoms with Gasteiger partial charge in [0.1, 0.15) is 30.2 Å². The zero-order valence-electron chi connectivity index (χ0n) is 20.1. The van der Waals surface area contributed by atoms with Crippen molar-refractivity contribution in [1.29, 1.82) is 0 Å². The molecule has 10 heteroatoms. The van der Waals surface area contributed by atoms with E-state index in [1.54, 1.807) is 30.8 Å². The van der Waals surface area contributed by atoms with Gasteiger partial charge in [-0.15, -0.1) is 0 Å². The molecule has 1 aliphatic heterocycles. The third-order valence-electron chi connectivity index (χ3n) is 6.21. The fourth-order valence-electron chi connectivity index (χ4n) is 4.22. The SMILES string of the molecule is COc1cc(N2CCN(C(=O)Cn3nc(-c4ccc(F)c(C)n4)cc3-c3ccccc3)CC2)ncn1. The molecule has 5 rings (SSSR count). The van der Waals surface area contributed by atoms with Crippen LogP contribution in [0.5, 0.6) is 5.88 Å². The Morgan fingerprint density at radius 3 is 2.50 bits per heavy atom. The number of carbonyl (C=O) groups is 1. The third-order valence-corrected chi connectivity index (χ3v) is 6.21. The number of carbonyl (C=O) groups excluding carboxylic acids is 1. The summed E-state index contributed by atoms with van der Waals surface area (Å²) < 4.78 is 20.7. The Morgan fingerprint density at radius 1 is 1.00 bits per heavy atom. The lowest BCUT2D eigenvalue weighted by atomic mass is 10.1. The summed E-state index contributed by atoms with van der Waals surface area (Å²) in [6, 6.07) is 16.4. The van der Waals surface area contributed by atoms with Crippen LogP contribution >= 0.6 is 0 Å². The van der Waals surface area contributed by atoms with Gasteiger partial charge in [0.15, 0.2) is 0 Å². The Bertz CT molecular complexity index is 1370. The predicted molar refractivity (Wildman–Crippen MR) is 133 cm³/mol. The highest BCUT2D eigenvalue weighted by molar-refractivity contribution is 5.78. The fraction of sp³-hybridized carbons (Fsp3) is 0.269. The summed E-state index contributed by atoms with van der Waals surface area (Å²) in [4.78, 5) is 29.9. The molecule has 1 aliphatic rings. The van der Waals surface area contributed by atoms with Crippen LogP contribution in [0.2, 0.25) is 0 Å². The number of aryl methyl sites for hydroxylation is 1. The number of pyridine rings is 1. The van der Waals surface area contributed by atoms with Gasteiger partial charge in [0.25, 0.3) is 0 Å². The minimum atomic E-state index is -0.365. The average Bonchev–Trinajstić information content (AvgIpc) is 3.34. The van der Waals surface area contributed by atoms with Crippen molar-refractivity contribution in [3.05, 3.63) is 72.4 Å². The van der Waals surface area contributed by atoms with Crippen molar-refractivity contribution in [1.82, 2.24) is 29.6 Å². The third kappa shape index (κ3) is 4.88. The van der Waals surface area contributed by atoms with Crippen LogP contribution in [0.25, 0.3) is 22.6 Å². The topological polar surface area (TPSA) is 89.3 Å². The number of anilines is 1. The lowest BCUT2D eigenvalue weighted by Crippen LogP contribution is -2.50. The normalized spacial score (nSPS) is 13.6. The van der Waals surface area contributed by atoms with Crippen LogP contribution in [0.1, 0.15) is 5.69 Å². The maximum atomic E-state index is 13.8. The first-order valence-corrected chi connectivity index (χ1v) is 11.7. The summed E-state index contributed by atoms with van der Waals surface area (Å²) in [7, 11) is 1.57. The molecule has 1 aromatic carbocycles. The van der Waals surface area contributed by atoms with E-state index in [2.05, 4.69) is 25.0 Å². The van der Waals surface area contributed by atoms with Gasteiger partial charge in [-0.2, -0.15) is 5.10 Å². The van der Waals surface area contributed by atoms with Crippen molar-refractivity contribution < 1.29 is 13.9 Å². The van der Waals surface area contributed by atoms with Gasteiger partial charge in [0, 0.05) is 32.2 Å². The fourth-order valence-corrected chi connectivity index (χ4v) is 4.22. The number of aromatic nitrogens is 5. The van der Waals surface area contributed by atoms with Crippen LogP contribution in [0.3, 0.4) is 0 Å². The van der Waals surface area contributed by atoms with Crippen LogP contribution in [0.15, 0.2) is 60.9 Å². The van der Waals surface area contributed by atoms with Gasteiger partial charge < -0.3 is 14.5 Å². The first-order valence-electron chi connectivity index (χ1n) is 11.7. The van der Waals surface area contributed by atoms with Gasteiger partial charge in [0.2, 0.25) is 11.8 Å². The number of ether oxygens (including phenoxy) is 1. The Hall–Kier alpha value is -4.34. The first-order chi connectivity index (χ1) is 17.5. The van der Waals surface area contributed by atoms with E-state index < -0.39 is 0 Å².